The molecule has 3 nitrogen and oxygen atoms in total. The van der Waals surface area contributed by atoms with E-state index in [0.29, 0.717) is 17.2 Å². The predicted molar refractivity (Wildman–Crippen MR) is 58.3 cm³/mol. The lowest BCUT2D eigenvalue weighted by Gasteiger charge is -1.95. The SMILES string of the molecule is O=C(c1ccc(F)cc1)c1cc(C2CC2)on1. The maximum absolute atomic E-state index is 12.7. The Morgan fingerprint density at radius 2 is 2.00 bits per heavy atom. The molecule has 0 saturated heterocycles. The van der Waals surface area contributed by atoms with Crippen LogP contribution in [0.5, 0.6) is 0 Å². The number of ketones is 1. The van der Waals surface area contributed by atoms with E-state index in [9.17, 15) is 9.18 Å². The zero-order valence-corrected chi connectivity index (χ0v) is 9.02. The van der Waals surface area contributed by atoms with Crippen molar-refractivity contribution in [1.29, 1.82) is 0 Å². The van der Waals surface area contributed by atoms with Gasteiger partial charge in [0, 0.05) is 17.5 Å². The molecule has 1 fully saturated rings. The second-order valence-electron chi connectivity index (χ2n) is 4.22. The van der Waals surface area contributed by atoms with Crippen molar-refractivity contribution in [1.82, 2.24) is 5.16 Å². The highest BCUT2D eigenvalue weighted by Crippen LogP contribution is 2.40. The third-order valence-electron chi connectivity index (χ3n) is 2.85. The third kappa shape index (κ3) is 1.98. The molecule has 0 atom stereocenters. The van der Waals surface area contributed by atoms with E-state index < -0.39 is 0 Å². The number of nitrogens with zero attached hydrogens (tertiary/aromatic N) is 1. The summed E-state index contributed by atoms with van der Waals surface area (Å²) in [6.07, 6.45) is 2.19. The van der Waals surface area contributed by atoms with E-state index in [1.165, 1.54) is 24.3 Å². The molecule has 0 spiro atoms. The Hall–Kier alpha value is -1.97. The first-order valence-electron chi connectivity index (χ1n) is 5.51. The molecule has 1 aliphatic carbocycles. The minimum atomic E-state index is -0.361. The van der Waals surface area contributed by atoms with Crippen LogP contribution in [0.15, 0.2) is 34.9 Å². The molecular formula is C13H10FNO2. The van der Waals surface area contributed by atoms with Crippen LogP contribution in [-0.2, 0) is 0 Å². The summed E-state index contributed by atoms with van der Waals surface area (Å²) in [6, 6.07) is 7.10. The quantitative estimate of drug-likeness (QED) is 0.763. The molecule has 3 rings (SSSR count). The molecule has 2 aromatic rings. The highest BCUT2D eigenvalue weighted by Gasteiger charge is 2.29. The first-order chi connectivity index (χ1) is 8.24. The van der Waals surface area contributed by atoms with E-state index in [1.807, 2.05) is 0 Å². The van der Waals surface area contributed by atoms with E-state index in [0.717, 1.165) is 18.6 Å². The lowest BCUT2D eigenvalue weighted by Crippen LogP contribution is -2.01. The van der Waals surface area contributed by atoms with Crippen molar-refractivity contribution in [2.45, 2.75) is 18.8 Å². The molecule has 0 unspecified atom stereocenters. The van der Waals surface area contributed by atoms with Gasteiger partial charge in [-0.15, -0.1) is 0 Å². The summed E-state index contributed by atoms with van der Waals surface area (Å²) in [5.74, 6) is 0.605. The third-order valence-corrected chi connectivity index (χ3v) is 2.85. The van der Waals surface area contributed by atoms with Gasteiger partial charge in [-0.05, 0) is 37.1 Å². The Balaban J connectivity index is 1.87. The van der Waals surface area contributed by atoms with Crippen molar-refractivity contribution in [2.24, 2.45) is 0 Å². The van der Waals surface area contributed by atoms with Gasteiger partial charge in [0.1, 0.15) is 11.6 Å². The van der Waals surface area contributed by atoms with E-state index in [1.54, 1.807) is 6.07 Å². The Bertz CT molecular complexity index is 555. The van der Waals surface area contributed by atoms with Gasteiger partial charge in [0.2, 0.25) is 5.78 Å². The van der Waals surface area contributed by atoms with Crippen molar-refractivity contribution in [3.63, 3.8) is 0 Å². The molecule has 1 heterocycles. The predicted octanol–water partition coefficient (Wildman–Crippen LogP) is 2.92. The fourth-order valence-corrected chi connectivity index (χ4v) is 1.71. The number of hydrogen-bond acceptors (Lipinski definition) is 3. The van der Waals surface area contributed by atoms with Crippen LogP contribution in [0.3, 0.4) is 0 Å². The maximum atomic E-state index is 12.7. The molecular weight excluding hydrogens is 221 g/mol. The lowest BCUT2D eigenvalue weighted by atomic mass is 10.1. The number of benzene rings is 1. The summed E-state index contributed by atoms with van der Waals surface area (Å²) < 4.78 is 17.8. The highest BCUT2D eigenvalue weighted by molar-refractivity contribution is 6.07. The molecule has 1 aromatic carbocycles. The van der Waals surface area contributed by atoms with Crippen LogP contribution in [-0.4, -0.2) is 10.9 Å². The first kappa shape index (κ1) is 10.2. The second kappa shape index (κ2) is 3.80. The van der Waals surface area contributed by atoms with Crippen molar-refractivity contribution >= 4 is 5.78 Å². The van der Waals surface area contributed by atoms with Crippen LogP contribution >= 0.6 is 0 Å². The van der Waals surface area contributed by atoms with Crippen molar-refractivity contribution in [3.05, 3.63) is 53.2 Å². The molecule has 4 heteroatoms. The largest absolute Gasteiger partial charge is 0.360 e. The summed E-state index contributed by atoms with van der Waals surface area (Å²) in [5.41, 5.74) is 0.709. The maximum Gasteiger partial charge on any atom is 0.214 e. The van der Waals surface area contributed by atoms with E-state index in [4.69, 9.17) is 4.52 Å². The summed E-state index contributed by atoms with van der Waals surface area (Å²) >= 11 is 0. The van der Waals surface area contributed by atoms with Crippen LogP contribution in [0.25, 0.3) is 0 Å². The van der Waals surface area contributed by atoms with Gasteiger partial charge in [-0.1, -0.05) is 5.16 Å². The van der Waals surface area contributed by atoms with Crippen LogP contribution in [0.1, 0.15) is 40.6 Å². The van der Waals surface area contributed by atoms with Crippen LogP contribution in [0, 0.1) is 5.82 Å². The smallest absolute Gasteiger partial charge is 0.214 e. The number of aromatic nitrogens is 1. The zero-order chi connectivity index (χ0) is 11.8. The molecule has 0 aliphatic heterocycles. The fourth-order valence-electron chi connectivity index (χ4n) is 1.71. The average molecular weight is 231 g/mol. The second-order valence-corrected chi connectivity index (χ2v) is 4.22. The minimum absolute atomic E-state index is 0.236. The van der Waals surface area contributed by atoms with E-state index in [-0.39, 0.29) is 11.6 Å². The molecule has 0 radical (unpaired) electrons. The molecule has 1 aliphatic rings. The lowest BCUT2D eigenvalue weighted by molar-refractivity contribution is 0.103. The minimum Gasteiger partial charge on any atom is -0.360 e. The van der Waals surface area contributed by atoms with Crippen LogP contribution in [0.2, 0.25) is 0 Å². The number of carbonyl (C=O) groups is 1. The molecule has 0 amide bonds. The zero-order valence-electron chi connectivity index (χ0n) is 9.02. The Morgan fingerprint density at radius 3 is 2.65 bits per heavy atom. The van der Waals surface area contributed by atoms with Gasteiger partial charge in [0.05, 0.1) is 0 Å². The van der Waals surface area contributed by atoms with Gasteiger partial charge in [-0.25, -0.2) is 4.39 Å². The normalized spacial score (nSPS) is 14.9. The number of carbonyl (C=O) groups excluding carboxylic acids is 1. The topological polar surface area (TPSA) is 43.1 Å². The number of hydrogen-bond donors (Lipinski definition) is 0. The molecule has 0 N–H and O–H groups in total. The van der Waals surface area contributed by atoms with E-state index in [2.05, 4.69) is 5.16 Å². The van der Waals surface area contributed by atoms with Gasteiger partial charge in [-0.3, -0.25) is 4.79 Å². The van der Waals surface area contributed by atoms with Crippen molar-refractivity contribution in [2.75, 3.05) is 0 Å². The first-order valence-corrected chi connectivity index (χ1v) is 5.51. The molecule has 17 heavy (non-hydrogen) atoms. The molecule has 1 saturated carbocycles. The Labute approximate surface area is 97.2 Å². The summed E-state index contributed by atoms with van der Waals surface area (Å²) in [7, 11) is 0. The Kier molecular flexibility index (Phi) is 2.28. The van der Waals surface area contributed by atoms with Crippen LogP contribution in [0.4, 0.5) is 4.39 Å². The average Bonchev–Trinajstić information content (AvgIpc) is 3.07. The van der Waals surface area contributed by atoms with Gasteiger partial charge in [0.15, 0.2) is 5.69 Å². The van der Waals surface area contributed by atoms with Crippen molar-refractivity contribution in [3.8, 4) is 0 Å². The number of rotatable bonds is 3. The van der Waals surface area contributed by atoms with Gasteiger partial charge < -0.3 is 4.52 Å². The number of halogens is 1. The molecule has 1 aromatic heterocycles. The van der Waals surface area contributed by atoms with Crippen LogP contribution < -0.4 is 0 Å². The molecule has 86 valence electrons. The van der Waals surface area contributed by atoms with Gasteiger partial charge in [0.25, 0.3) is 0 Å². The summed E-state index contributed by atoms with van der Waals surface area (Å²) in [4.78, 5) is 12.0. The Morgan fingerprint density at radius 1 is 1.29 bits per heavy atom. The monoisotopic (exact) mass is 231 g/mol. The highest BCUT2D eigenvalue weighted by atomic mass is 19.1. The summed E-state index contributed by atoms with van der Waals surface area (Å²) in [5, 5.41) is 3.76. The fraction of sp³-hybridized carbons (Fsp3) is 0.231. The summed E-state index contributed by atoms with van der Waals surface area (Å²) in [6.45, 7) is 0. The van der Waals surface area contributed by atoms with Gasteiger partial charge >= 0.3 is 0 Å². The van der Waals surface area contributed by atoms with E-state index >= 15 is 0 Å². The standard InChI is InChI=1S/C13H10FNO2/c14-10-5-3-9(4-6-10)13(16)11-7-12(17-15-11)8-1-2-8/h3-8H,1-2H2. The van der Waals surface area contributed by atoms with Crippen molar-refractivity contribution < 1.29 is 13.7 Å². The molecule has 0 bridgehead atoms. The van der Waals surface area contributed by atoms with Gasteiger partial charge in [-0.2, -0.15) is 0 Å².